The Morgan fingerprint density at radius 1 is 1.24 bits per heavy atom. The van der Waals surface area contributed by atoms with Crippen LogP contribution in [0.25, 0.3) is 11.0 Å². The number of aromatic nitrogens is 3. The van der Waals surface area contributed by atoms with Gasteiger partial charge in [0.15, 0.2) is 5.65 Å². The maximum absolute atomic E-state index is 12.1. The average molecular weight is 338 g/mol. The Morgan fingerprint density at radius 2 is 1.96 bits per heavy atom. The maximum atomic E-state index is 12.1. The molecular weight excluding hydrogens is 316 g/mol. The van der Waals surface area contributed by atoms with E-state index >= 15 is 0 Å². The van der Waals surface area contributed by atoms with Crippen molar-refractivity contribution in [2.24, 2.45) is 7.05 Å². The highest BCUT2D eigenvalue weighted by molar-refractivity contribution is 5.92. The average Bonchev–Trinajstić information content (AvgIpc) is 2.87. The van der Waals surface area contributed by atoms with Gasteiger partial charge in [-0.3, -0.25) is 4.68 Å². The van der Waals surface area contributed by atoms with E-state index in [0.717, 1.165) is 28.0 Å². The fourth-order valence-corrected chi connectivity index (χ4v) is 2.65. The number of aryl methyl sites for hydroxylation is 2. The predicted molar refractivity (Wildman–Crippen MR) is 99.9 cm³/mol. The summed E-state index contributed by atoms with van der Waals surface area (Å²) in [6.45, 7) is 2.38. The number of carbonyl (C=O) groups excluding carboxylic acids is 1. The molecular formula is C18H22N6O. The highest BCUT2D eigenvalue weighted by atomic mass is 16.2. The van der Waals surface area contributed by atoms with Gasteiger partial charge in [0.25, 0.3) is 0 Å². The highest BCUT2D eigenvalue weighted by Crippen LogP contribution is 2.19. The molecule has 25 heavy (non-hydrogen) atoms. The molecule has 130 valence electrons. The van der Waals surface area contributed by atoms with Crippen LogP contribution in [0.1, 0.15) is 11.3 Å². The smallest absolute Gasteiger partial charge is 0.319 e. The van der Waals surface area contributed by atoms with Gasteiger partial charge >= 0.3 is 6.03 Å². The zero-order valence-corrected chi connectivity index (χ0v) is 14.9. The van der Waals surface area contributed by atoms with Crippen LogP contribution < -0.4 is 15.5 Å². The first-order valence-electron chi connectivity index (χ1n) is 8.04. The first-order chi connectivity index (χ1) is 11.9. The van der Waals surface area contributed by atoms with Crippen LogP contribution in [0.2, 0.25) is 0 Å². The molecule has 7 heteroatoms. The van der Waals surface area contributed by atoms with Crippen LogP contribution >= 0.6 is 0 Å². The van der Waals surface area contributed by atoms with Crippen LogP contribution in [0.3, 0.4) is 0 Å². The molecule has 7 nitrogen and oxygen atoms in total. The Kier molecular flexibility index (Phi) is 4.56. The van der Waals surface area contributed by atoms with E-state index in [1.807, 2.05) is 63.3 Å². The standard InChI is InChI=1S/C18H22N6O/c1-12-16-9-14(11-19-17(16)24(4)22-12)21-18(25)20-10-13-5-7-15(8-6-13)23(2)3/h5-9,11H,10H2,1-4H3,(H2,20,21,25). The van der Waals surface area contributed by atoms with E-state index in [4.69, 9.17) is 0 Å². The summed E-state index contributed by atoms with van der Waals surface area (Å²) < 4.78 is 1.73. The van der Waals surface area contributed by atoms with Crippen molar-refractivity contribution in [1.82, 2.24) is 20.1 Å². The van der Waals surface area contributed by atoms with Gasteiger partial charge < -0.3 is 15.5 Å². The zero-order valence-electron chi connectivity index (χ0n) is 14.9. The van der Waals surface area contributed by atoms with Gasteiger partial charge in [-0.2, -0.15) is 5.10 Å². The number of carbonyl (C=O) groups is 1. The van der Waals surface area contributed by atoms with Crippen molar-refractivity contribution in [3.8, 4) is 0 Å². The molecule has 0 aliphatic carbocycles. The molecule has 0 saturated carbocycles. The minimum Gasteiger partial charge on any atom is -0.378 e. The fourth-order valence-electron chi connectivity index (χ4n) is 2.65. The Bertz CT molecular complexity index is 898. The molecule has 2 amide bonds. The lowest BCUT2D eigenvalue weighted by Crippen LogP contribution is -2.28. The number of nitrogens with zero attached hydrogens (tertiary/aromatic N) is 4. The Balaban J connectivity index is 1.61. The molecule has 0 radical (unpaired) electrons. The van der Waals surface area contributed by atoms with Crippen LogP contribution in [0.15, 0.2) is 36.5 Å². The van der Waals surface area contributed by atoms with Crippen LogP contribution in [0.4, 0.5) is 16.2 Å². The van der Waals surface area contributed by atoms with Crippen molar-refractivity contribution in [3.05, 3.63) is 47.8 Å². The second-order valence-corrected chi connectivity index (χ2v) is 6.17. The Morgan fingerprint density at radius 3 is 2.64 bits per heavy atom. The summed E-state index contributed by atoms with van der Waals surface area (Å²) in [5, 5.41) is 10.9. The predicted octanol–water partition coefficient (Wildman–Crippen LogP) is 2.66. The molecule has 0 aliphatic rings. The van der Waals surface area contributed by atoms with Crippen molar-refractivity contribution in [2.45, 2.75) is 13.5 Å². The van der Waals surface area contributed by atoms with E-state index in [1.165, 1.54) is 0 Å². The quantitative estimate of drug-likeness (QED) is 0.767. The van der Waals surface area contributed by atoms with Crippen molar-refractivity contribution in [2.75, 3.05) is 24.3 Å². The van der Waals surface area contributed by atoms with E-state index in [0.29, 0.717) is 12.2 Å². The van der Waals surface area contributed by atoms with E-state index in [-0.39, 0.29) is 6.03 Å². The number of anilines is 2. The van der Waals surface area contributed by atoms with Gasteiger partial charge in [0.05, 0.1) is 17.6 Å². The van der Waals surface area contributed by atoms with Gasteiger partial charge in [0.1, 0.15) is 0 Å². The van der Waals surface area contributed by atoms with E-state index in [2.05, 4.69) is 20.7 Å². The van der Waals surface area contributed by atoms with Gasteiger partial charge in [-0.1, -0.05) is 12.1 Å². The minimum absolute atomic E-state index is 0.264. The zero-order chi connectivity index (χ0) is 18.0. The monoisotopic (exact) mass is 338 g/mol. The SMILES string of the molecule is Cc1nn(C)c2ncc(NC(=O)NCc3ccc(N(C)C)cc3)cc12. The van der Waals surface area contributed by atoms with Crippen molar-refractivity contribution < 1.29 is 4.79 Å². The fraction of sp³-hybridized carbons (Fsp3) is 0.278. The molecule has 2 heterocycles. The van der Waals surface area contributed by atoms with Crippen LogP contribution in [-0.2, 0) is 13.6 Å². The van der Waals surface area contributed by atoms with Crippen LogP contribution in [-0.4, -0.2) is 34.9 Å². The first-order valence-corrected chi connectivity index (χ1v) is 8.04. The minimum atomic E-state index is -0.264. The number of benzene rings is 1. The summed E-state index contributed by atoms with van der Waals surface area (Å²) in [7, 11) is 5.84. The van der Waals surface area contributed by atoms with Crippen molar-refractivity contribution in [1.29, 1.82) is 0 Å². The van der Waals surface area contributed by atoms with Crippen LogP contribution in [0.5, 0.6) is 0 Å². The molecule has 0 unspecified atom stereocenters. The number of nitrogens with one attached hydrogen (secondary N) is 2. The molecule has 2 N–H and O–H groups in total. The summed E-state index contributed by atoms with van der Waals surface area (Å²) >= 11 is 0. The van der Waals surface area contributed by atoms with Crippen LogP contribution in [0, 0.1) is 6.92 Å². The molecule has 0 aliphatic heterocycles. The summed E-state index contributed by atoms with van der Waals surface area (Å²) in [6, 6.07) is 9.68. The molecule has 0 spiro atoms. The van der Waals surface area contributed by atoms with E-state index < -0.39 is 0 Å². The molecule has 0 atom stereocenters. The molecule has 3 rings (SSSR count). The summed E-state index contributed by atoms with van der Waals surface area (Å²) in [5.41, 5.74) is 4.49. The van der Waals surface area contributed by atoms with Gasteiger partial charge in [-0.25, -0.2) is 9.78 Å². The lowest BCUT2D eigenvalue weighted by atomic mass is 10.2. The number of amides is 2. The number of pyridine rings is 1. The second kappa shape index (κ2) is 6.80. The van der Waals surface area contributed by atoms with Crippen molar-refractivity contribution in [3.63, 3.8) is 0 Å². The van der Waals surface area contributed by atoms with E-state index in [1.54, 1.807) is 10.9 Å². The molecule has 1 aromatic carbocycles. The second-order valence-electron chi connectivity index (χ2n) is 6.17. The normalized spacial score (nSPS) is 10.7. The topological polar surface area (TPSA) is 75.1 Å². The number of hydrogen-bond donors (Lipinski definition) is 2. The molecule has 2 aromatic heterocycles. The third kappa shape index (κ3) is 3.71. The van der Waals surface area contributed by atoms with Gasteiger partial charge in [-0.05, 0) is 30.7 Å². The summed E-state index contributed by atoms with van der Waals surface area (Å²) in [4.78, 5) is 18.5. The highest BCUT2D eigenvalue weighted by Gasteiger charge is 2.09. The number of rotatable bonds is 4. The number of fused-ring (bicyclic) bond motifs is 1. The molecule has 0 saturated heterocycles. The van der Waals surface area contributed by atoms with Gasteiger partial charge in [0.2, 0.25) is 0 Å². The Hall–Kier alpha value is -3.09. The number of hydrogen-bond acceptors (Lipinski definition) is 4. The third-order valence-corrected chi connectivity index (χ3v) is 4.03. The molecule has 3 aromatic rings. The van der Waals surface area contributed by atoms with Gasteiger partial charge in [-0.15, -0.1) is 0 Å². The molecule has 0 fully saturated rings. The first kappa shape index (κ1) is 16.8. The molecule has 0 bridgehead atoms. The third-order valence-electron chi connectivity index (χ3n) is 4.03. The summed E-state index contributed by atoms with van der Waals surface area (Å²) in [5.74, 6) is 0. The lowest BCUT2D eigenvalue weighted by Gasteiger charge is -2.13. The van der Waals surface area contributed by atoms with Crippen molar-refractivity contribution >= 4 is 28.4 Å². The summed E-state index contributed by atoms with van der Waals surface area (Å²) in [6.07, 6.45) is 1.63. The van der Waals surface area contributed by atoms with E-state index in [9.17, 15) is 4.79 Å². The maximum Gasteiger partial charge on any atom is 0.319 e. The van der Waals surface area contributed by atoms with Gasteiger partial charge in [0, 0.05) is 38.8 Å². The largest absolute Gasteiger partial charge is 0.378 e. The Labute approximate surface area is 146 Å². The lowest BCUT2D eigenvalue weighted by molar-refractivity contribution is 0.251. The number of urea groups is 1.